The molecule has 0 amide bonds. The van der Waals surface area contributed by atoms with Crippen LogP contribution in [0.5, 0.6) is 0 Å². The van der Waals surface area contributed by atoms with Crippen molar-refractivity contribution in [2.45, 2.75) is 62.5 Å². The predicted octanol–water partition coefficient (Wildman–Crippen LogP) is 4.28. The van der Waals surface area contributed by atoms with Crippen LogP contribution in [-0.4, -0.2) is 11.3 Å². The van der Waals surface area contributed by atoms with Gasteiger partial charge in [0.05, 0.1) is 0 Å². The summed E-state index contributed by atoms with van der Waals surface area (Å²) in [6.45, 7) is 2.16. The molecule has 2 heteroatoms. The molecule has 1 fully saturated rings. The number of aryl methyl sites for hydroxylation is 1. The van der Waals surface area contributed by atoms with Crippen molar-refractivity contribution in [2.75, 3.05) is 0 Å². The molecular weight excluding hydrogens is 238 g/mol. The van der Waals surface area contributed by atoms with Gasteiger partial charge in [0.1, 0.15) is 0 Å². The van der Waals surface area contributed by atoms with Crippen molar-refractivity contribution < 1.29 is 0 Å². The van der Waals surface area contributed by atoms with Crippen molar-refractivity contribution in [3.8, 4) is 0 Å². The van der Waals surface area contributed by atoms with Crippen molar-refractivity contribution in [3.05, 3.63) is 35.4 Å². The van der Waals surface area contributed by atoms with Crippen LogP contribution in [0.15, 0.2) is 24.3 Å². The molecule has 1 aromatic rings. The molecule has 1 aliphatic rings. The van der Waals surface area contributed by atoms with E-state index in [1.165, 1.54) is 49.7 Å². The molecule has 0 heterocycles. The van der Waals surface area contributed by atoms with Crippen LogP contribution < -0.4 is 5.73 Å². The van der Waals surface area contributed by atoms with Crippen LogP contribution in [0.4, 0.5) is 0 Å². The number of hydrogen-bond acceptors (Lipinski definition) is 2. The summed E-state index contributed by atoms with van der Waals surface area (Å²) in [6, 6.07) is 9.25. The van der Waals surface area contributed by atoms with Gasteiger partial charge in [-0.15, -0.1) is 0 Å². The normalized spacial score (nSPS) is 25.4. The minimum atomic E-state index is 0.403. The molecular formula is C16H25NS. The van der Waals surface area contributed by atoms with Crippen LogP contribution in [0, 0.1) is 6.92 Å². The lowest BCUT2D eigenvalue weighted by Gasteiger charge is -2.25. The quantitative estimate of drug-likeness (QED) is 0.881. The van der Waals surface area contributed by atoms with Gasteiger partial charge in [-0.2, -0.15) is 11.8 Å². The highest BCUT2D eigenvalue weighted by Gasteiger charge is 2.19. The molecule has 2 N–H and O–H groups in total. The zero-order chi connectivity index (χ0) is 12.8. The number of nitrogens with two attached hydrogens (primary N) is 1. The van der Waals surface area contributed by atoms with Gasteiger partial charge in [0.25, 0.3) is 0 Å². The van der Waals surface area contributed by atoms with Gasteiger partial charge in [-0.3, -0.25) is 0 Å². The van der Waals surface area contributed by atoms with E-state index in [2.05, 4.69) is 43.0 Å². The second-order valence-electron chi connectivity index (χ2n) is 5.49. The molecule has 2 rings (SSSR count). The third-order valence-corrected chi connectivity index (χ3v) is 5.31. The van der Waals surface area contributed by atoms with Gasteiger partial charge in [0.15, 0.2) is 0 Å². The molecule has 0 aromatic heterocycles. The van der Waals surface area contributed by atoms with Gasteiger partial charge in [0, 0.05) is 17.0 Å². The molecule has 0 radical (unpaired) electrons. The topological polar surface area (TPSA) is 26.0 Å². The number of hydrogen-bond donors (Lipinski definition) is 1. The molecule has 1 nitrogen and oxygen atoms in total. The first-order chi connectivity index (χ1) is 8.75. The Kier molecular flexibility index (Phi) is 5.58. The highest BCUT2D eigenvalue weighted by atomic mass is 32.2. The third-order valence-electron chi connectivity index (χ3n) is 3.80. The van der Waals surface area contributed by atoms with E-state index in [1.807, 2.05) is 0 Å². The third kappa shape index (κ3) is 4.33. The molecule has 0 bridgehead atoms. The molecule has 2 atom stereocenters. The maximum Gasteiger partial charge on any atom is 0.0202 e. The lowest BCUT2D eigenvalue weighted by atomic mass is 9.97. The summed E-state index contributed by atoms with van der Waals surface area (Å²) < 4.78 is 0. The fourth-order valence-corrected chi connectivity index (χ4v) is 3.99. The molecule has 2 unspecified atom stereocenters. The first kappa shape index (κ1) is 14.0. The minimum absolute atomic E-state index is 0.403. The molecule has 100 valence electrons. The van der Waals surface area contributed by atoms with Crippen molar-refractivity contribution in [1.82, 2.24) is 0 Å². The number of rotatable bonds is 3. The molecule has 1 aromatic carbocycles. The summed E-state index contributed by atoms with van der Waals surface area (Å²) >= 11 is 2.06. The van der Waals surface area contributed by atoms with E-state index < -0.39 is 0 Å². The highest BCUT2D eigenvalue weighted by molar-refractivity contribution is 7.99. The Morgan fingerprint density at radius 3 is 2.72 bits per heavy atom. The summed E-state index contributed by atoms with van der Waals surface area (Å²) in [4.78, 5) is 0. The Bertz CT molecular complexity index is 364. The van der Waals surface area contributed by atoms with E-state index in [1.54, 1.807) is 0 Å². The molecule has 18 heavy (non-hydrogen) atoms. The van der Waals surface area contributed by atoms with Gasteiger partial charge in [0.2, 0.25) is 0 Å². The van der Waals surface area contributed by atoms with Crippen LogP contribution >= 0.6 is 11.8 Å². The lowest BCUT2D eigenvalue weighted by molar-refractivity contribution is 0.463. The molecule has 0 aliphatic heterocycles. The largest absolute Gasteiger partial charge is 0.327 e. The van der Waals surface area contributed by atoms with E-state index >= 15 is 0 Å². The van der Waals surface area contributed by atoms with E-state index in [-0.39, 0.29) is 0 Å². The average Bonchev–Trinajstić information content (AvgIpc) is 2.34. The molecule has 1 saturated carbocycles. The zero-order valence-electron chi connectivity index (χ0n) is 11.4. The van der Waals surface area contributed by atoms with Crippen LogP contribution in [0.25, 0.3) is 0 Å². The highest BCUT2D eigenvalue weighted by Crippen LogP contribution is 2.28. The number of thioether (sulfide) groups is 1. The first-order valence-electron chi connectivity index (χ1n) is 7.18. The van der Waals surface area contributed by atoms with Gasteiger partial charge in [-0.1, -0.05) is 55.5 Å². The monoisotopic (exact) mass is 263 g/mol. The van der Waals surface area contributed by atoms with E-state index in [0.29, 0.717) is 11.3 Å². The van der Waals surface area contributed by atoms with Crippen molar-refractivity contribution in [3.63, 3.8) is 0 Å². The Hall–Kier alpha value is -0.470. The summed E-state index contributed by atoms with van der Waals surface area (Å²) in [7, 11) is 0. The van der Waals surface area contributed by atoms with Crippen LogP contribution in [0.3, 0.4) is 0 Å². The molecule has 1 aliphatic carbocycles. The average molecular weight is 263 g/mol. The lowest BCUT2D eigenvalue weighted by Crippen LogP contribution is -2.33. The summed E-state index contributed by atoms with van der Waals surface area (Å²) in [5.41, 5.74) is 9.12. The Morgan fingerprint density at radius 1 is 1.17 bits per heavy atom. The maximum absolute atomic E-state index is 6.32. The van der Waals surface area contributed by atoms with Gasteiger partial charge in [-0.05, 0) is 25.3 Å². The minimum Gasteiger partial charge on any atom is -0.327 e. The summed E-state index contributed by atoms with van der Waals surface area (Å²) in [5.74, 6) is 1.11. The standard InChI is InChI=1S/C16H25NS/c1-13-7-6-8-14(11-13)12-18-16-10-5-3-2-4-9-15(16)17/h6-8,11,15-16H,2-5,9-10,12,17H2,1H3. The molecule has 0 saturated heterocycles. The fraction of sp³-hybridized carbons (Fsp3) is 0.625. The van der Waals surface area contributed by atoms with Gasteiger partial charge < -0.3 is 5.73 Å². The SMILES string of the molecule is Cc1cccc(CSC2CCCCCCC2N)c1. The Balaban J connectivity index is 1.87. The summed E-state index contributed by atoms with van der Waals surface area (Å²) in [6.07, 6.45) is 7.97. The van der Waals surface area contributed by atoms with Crippen LogP contribution in [0.2, 0.25) is 0 Å². The van der Waals surface area contributed by atoms with Crippen LogP contribution in [-0.2, 0) is 5.75 Å². The smallest absolute Gasteiger partial charge is 0.0202 e. The number of benzene rings is 1. The predicted molar refractivity (Wildman–Crippen MR) is 81.9 cm³/mol. The van der Waals surface area contributed by atoms with E-state index in [9.17, 15) is 0 Å². The fourth-order valence-electron chi connectivity index (χ4n) is 2.69. The maximum atomic E-state index is 6.32. The van der Waals surface area contributed by atoms with E-state index in [0.717, 1.165) is 5.75 Å². The van der Waals surface area contributed by atoms with Crippen LogP contribution in [0.1, 0.15) is 49.7 Å². The first-order valence-corrected chi connectivity index (χ1v) is 8.23. The molecule has 0 spiro atoms. The van der Waals surface area contributed by atoms with Gasteiger partial charge >= 0.3 is 0 Å². The second-order valence-corrected chi connectivity index (χ2v) is 6.72. The zero-order valence-corrected chi connectivity index (χ0v) is 12.2. The van der Waals surface area contributed by atoms with E-state index in [4.69, 9.17) is 5.73 Å². The van der Waals surface area contributed by atoms with Crippen molar-refractivity contribution in [2.24, 2.45) is 5.73 Å². The Labute approximate surface area is 116 Å². The Morgan fingerprint density at radius 2 is 1.94 bits per heavy atom. The van der Waals surface area contributed by atoms with Gasteiger partial charge in [-0.25, -0.2) is 0 Å². The van der Waals surface area contributed by atoms with Crippen molar-refractivity contribution in [1.29, 1.82) is 0 Å². The summed E-state index contributed by atoms with van der Waals surface area (Å²) in [5, 5.41) is 0.658. The van der Waals surface area contributed by atoms with Crippen molar-refractivity contribution >= 4 is 11.8 Å². The second kappa shape index (κ2) is 7.20.